The number of carbonyl (C=O) groups is 1. The molecule has 4 heteroatoms. The zero-order valence-corrected chi connectivity index (χ0v) is 11.3. The topological polar surface area (TPSA) is 61.5 Å². The van der Waals surface area contributed by atoms with Crippen LogP contribution in [0.15, 0.2) is 0 Å². The lowest BCUT2D eigenvalue weighted by Crippen LogP contribution is -2.35. The normalized spacial score (nSPS) is 33.9. The Morgan fingerprint density at radius 1 is 1.28 bits per heavy atom. The first-order valence-electron chi connectivity index (χ1n) is 7.12. The van der Waals surface area contributed by atoms with E-state index in [0.717, 1.165) is 30.6 Å². The van der Waals surface area contributed by atoms with Crippen molar-refractivity contribution < 1.29 is 14.3 Å². The molecule has 2 bridgehead atoms. The summed E-state index contributed by atoms with van der Waals surface area (Å²) in [5.41, 5.74) is 6.27. The fourth-order valence-corrected chi connectivity index (χ4v) is 3.68. The maximum absolute atomic E-state index is 10.8. The van der Waals surface area contributed by atoms with Crippen molar-refractivity contribution in [1.29, 1.82) is 0 Å². The minimum atomic E-state index is -0.301. The van der Waals surface area contributed by atoms with Crippen LogP contribution in [0.2, 0.25) is 0 Å². The van der Waals surface area contributed by atoms with Crippen LogP contribution in [-0.4, -0.2) is 32.3 Å². The lowest BCUT2D eigenvalue weighted by atomic mass is 9.82. The monoisotopic (exact) mass is 255 g/mol. The van der Waals surface area contributed by atoms with Crippen LogP contribution in [0.4, 0.5) is 0 Å². The molecule has 0 heterocycles. The average molecular weight is 255 g/mol. The third-order valence-electron chi connectivity index (χ3n) is 4.68. The quantitative estimate of drug-likeness (QED) is 0.556. The predicted molar refractivity (Wildman–Crippen MR) is 69.0 cm³/mol. The lowest BCUT2D eigenvalue weighted by Gasteiger charge is -2.28. The molecule has 4 nitrogen and oxygen atoms in total. The molecule has 0 unspecified atom stereocenters. The van der Waals surface area contributed by atoms with Crippen molar-refractivity contribution in [3.8, 4) is 0 Å². The fraction of sp³-hybridized carbons (Fsp3) is 0.929. The Morgan fingerprint density at radius 3 is 2.72 bits per heavy atom. The summed E-state index contributed by atoms with van der Waals surface area (Å²) in [6.45, 7) is 0.718. The molecule has 2 N–H and O–H groups in total. The number of esters is 1. The van der Waals surface area contributed by atoms with Gasteiger partial charge in [-0.25, -0.2) is 4.79 Å². The number of nitrogens with two attached hydrogens (primary N) is 1. The van der Waals surface area contributed by atoms with Crippen molar-refractivity contribution >= 4 is 5.97 Å². The van der Waals surface area contributed by atoms with E-state index in [1.54, 1.807) is 0 Å². The van der Waals surface area contributed by atoms with E-state index in [1.807, 2.05) is 0 Å². The van der Waals surface area contributed by atoms with E-state index >= 15 is 0 Å². The van der Waals surface area contributed by atoms with E-state index in [0.29, 0.717) is 12.6 Å². The van der Waals surface area contributed by atoms with Gasteiger partial charge in [0.05, 0.1) is 7.11 Å². The summed E-state index contributed by atoms with van der Waals surface area (Å²) in [4.78, 5) is 10.8. The van der Waals surface area contributed by atoms with Crippen LogP contribution >= 0.6 is 0 Å². The molecule has 0 aliphatic heterocycles. The van der Waals surface area contributed by atoms with Gasteiger partial charge in [0.25, 0.3) is 0 Å². The summed E-state index contributed by atoms with van der Waals surface area (Å²) in [6.07, 6.45) is 7.50. The highest BCUT2D eigenvalue weighted by molar-refractivity contribution is 5.70. The first-order valence-corrected chi connectivity index (χ1v) is 7.12. The minimum Gasteiger partial charge on any atom is -0.467 e. The number of ether oxygens (including phenoxy) is 2. The summed E-state index contributed by atoms with van der Waals surface area (Å²) < 4.78 is 9.74. The van der Waals surface area contributed by atoms with Gasteiger partial charge in [-0.1, -0.05) is 6.42 Å². The van der Waals surface area contributed by atoms with Crippen LogP contribution in [0.1, 0.15) is 38.5 Å². The Kier molecular flexibility index (Phi) is 5.01. The number of hydrogen-bond acceptors (Lipinski definition) is 4. The van der Waals surface area contributed by atoms with Crippen LogP contribution in [0, 0.1) is 17.8 Å². The van der Waals surface area contributed by atoms with E-state index in [2.05, 4.69) is 4.74 Å². The Bertz CT molecular complexity index is 280. The standard InChI is InChI=1S/C14H25NO3/c1-17-13(16)9-18-7-3-2-4-12-10-5-6-11(8-10)14(12)15/h10-12,14H,2-9,15H2,1H3/t10-,11+,12+,14+/m1/s1. The van der Waals surface area contributed by atoms with Gasteiger partial charge in [0.1, 0.15) is 6.61 Å². The van der Waals surface area contributed by atoms with Gasteiger partial charge in [-0.15, -0.1) is 0 Å². The molecule has 2 aliphatic rings. The number of rotatable bonds is 7. The molecule has 2 fully saturated rings. The van der Waals surface area contributed by atoms with Crippen LogP contribution in [0.25, 0.3) is 0 Å². The summed E-state index contributed by atoms with van der Waals surface area (Å²) in [7, 11) is 1.38. The molecule has 2 saturated carbocycles. The van der Waals surface area contributed by atoms with Crippen LogP contribution in [0.5, 0.6) is 0 Å². The predicted octanol–water partition coefficient (Wildman–Crippen LogP) is 1.72. The third-order valence-corrected chi connectivity index (χ3v) is 4.68. The smallest absolute Gasteiger partial charge is 0.331 e. The zero-order valence-electron chi connectivity index (χ0n) is 11.3. The highest BCUT2D eigenvalue weighted by Gasteiger charge is 2.44. The Labute approximate surface area is 109 Å². The van der Waals surface area contributed by atoms with E-state index in [1.165, 1.54) is 32.8 Å². The molecule has 0 saturated heterocycles. The number of fused-ring (bicyclic) bond motifs is 2. The van der Waals surface area contributed by atoms with E-state index in [9.17, 15) is 4.79 Å². The Hall–Kier alpha value is -0.610. The second-order valence-electron chi connectivity index (χ2n) is 5.70. The van der Waals surface area contributed by atoms with Crippen molar-refractivity contribution in [3.05, 3.63) is 0 Å². The second-order valence-corrected chi connectivity index (χ2v) is 5.70. The van der Waals surface area contributed by atoms with Gasteiger partial charge in [0.15, 0.2) is 0 Å². The van der Waals surface area contributed by atoms with Crippen molar-refractivity contribution in [2.75, 3.05) is 20.3 Å². The zero-order chi connectivity index (χ0) is 13.0. The maximum atomic E-state index is 10.8. The maximum Gasteiger partial charge on any atom is 0.331 e. The SMILES string of the molecule is COC(=O)COCCCC[C@H]1[C@@H]2CC[C@@H](C2)[C@@H]1N. The molecule has 0 amide bonds. The fourth-order valence-electron chi connectivity index (χ4n) is 3.68. The number of unbranched alkanes of at least 4 members (excludes halogenated alkanes) is 1. The molecule has 2 aliphatic carbocycles. The van der Waals surface area contributed by atoms with Gasteiger partial charge in [-0.2, -0.15) is 0 Å². The van der Waals surface area contributed by atoms with Crippen LogP contribution in [0.3, 0.4) is 0 Å². The molecular formula is C14H25NO3. The lowest BCUT2D eigenvalue weighted by molar-refractivity contribution is -0.145. The Morgan fingerprint density at radius 2 is 2.06 bits per heavy atom. The molecule has 0 aromatic heterocycles. The molecular weight excluding hydrogens is 230 g/mol. The van der Waals surface area contributed by atoms with Gasteiger partial charge in [0, 0.05) is 12.6 Å². The molecule has 2 rings (SSSR count). The van der Waals surface area contributed by atoms with Crippen molar-refractivity contribution in [2.45, 2.75) is 44.6 Å². The summed E-state index contributed by atoms with van der Waals surface area (Å²) in [5, 5.41) is 0. The van der Waals surface area contributed by atoms with Crippen molar-refractivity contribution in [3.63, 3.8) is 0 Å². The van der Waals surface area contributed by atoms with Gasteiger partial charge < -0.3 is 15.2 Å². The average Bonchev–Trinajstić information content (AvgIpc) is 2.95. The molecule has 0 aromatic carbocycles. The van der Waals surface area contributed by atoms with E-state index < -0.39 is 0 Å². The molecule has 18 heavy (non-hydrogen) atoms. The molecule has 0 radical (unpaired) electrons. The van der Waals surface area contributed by atoms with Gasteiger partial charge in [-0.05, 0) is 49.9 Å². The molecule has 0 spiro atoms. The van der Waals surface area contributed by atoms with Crippen molar-refractivity contribution in [2.24, 2.45) is 23.5 Å². The third kappa shape index (κ3) is 3.23. The highest BCUT2D eigenvalue weighted by atomic mass is 16.6. The van der Waals surface area contributed by atoms with E-state index in [4.69, 9.17) is 10.5 Å². The number of carbonyl (C=O) groups excluding carboxylic acids is 1. The molecule has 0 aromatic rings. The Balaban J connectivity index is 1.52. The summed E-state index contributed by atoms with van der Waals surface area (Å²) in [6, 6.07) is 0.444. The van der Waals surface area contributed by atoms with Gasteiger partial charge in [0.2, 0.25) is 0 Å². The highest BCUT2D eigenvalue weighted by Crippen LogP contribution is 2.49. The van der Waals surface area contributed by atoms with Crippen LogP contribution in [-0.2, 0) is 14.3 Å². The number of methoxy groups -OCH3 is 1. The van der Waals surface area contributed by atoms with E-state index in [-0.39, 0.29) is 12.6 Å². The van der Waals surface area contributed by atoms with Gasteiger partial charge >= 0.3 is 5.97 Å². The summed E-state index contributed by atoms with van der Waals surface area (Å²) >= 11 is 0. The first-order chi connectivity index (χ1) is 8.72. The van der Waals surface area contributed by atoms with Gasteiger partial charge in [-0.3, -0.25) is 0 Å². The minimum absolute atomic E-state index is 0.0736. The number of hydrogen-bond donors (Lipinski definition) is 1. The molecule has 104 valence electrons. The second kappa shape index (κ2) is 6.53. The van der Waals surface area contributed by atoms with Crippen LogP contribution < -0.4 is 5.73 Å². The summed E-state index contributed by atoms with van der Waals surface area (Å²) in [5.74, 6) is 2.13. The first kappa shape index (κ1) is 13.8. The largest absolute Gasteiger partial charge is 0.467 e. The molecule has 4 atom stereocenters. The van der Waals surface area contributed by atoms with Crippen molar-refractivity contribution in [1.82, 2.24) is 0 Å².